The summed E-state index contributed by atoms with van der Waals surface area (Å²) in [7, 11) is 0. The van der Waals surface area contributed by atoms with Gasteiger partial charge in [0.25, 0.3) is 6.43 Å². The monoisotopic (exact) mass is 265 g/mol. The van der Waals surface area contributed by atoms with Gasteiger partial charge in [0.1, 0.15) is 0 Å². The van der Waals surface area contributed by atoms with Crippen molar-refractivity contribution in [1.82, 2.24) is 9.88 Å². The third-order valence-corrected chi connectivity index (χ3v) is 2.95. The molecular weight excluding hydrogens is 248 g/mol. The van der Waals surface area contributed by atoms with E-state index in [9.17, 15) is 8.78 Å². The summed E-state index contributed by atoms with van der Waals surface area (Å²) in [6, 6.07) is 9.63. The second-order valence-electron chi connectivity index (χ2n) is 4.41. The van der Waals surface area contributed by atoms with Crippen LogP contribution in [0.4, 0.5) is 8.78 Å². The number of para-hydroxylation sites is 1. The van der Waals surface area contributed by atoms with Crippen molar-refractivity contribution >= 4 is 10.9 Å². The van der Waals surface area contributed by atoms with Gasteiger partial charge >= 0.3 is 0 Å². The van der Waals surface area contributed by atoms with Gasteiger partial charge in [-0.2, -0.15) is 0 Å². The summed E-state index contributed by atoms with van der Waals surface area (Å²) in [4.78, 5) is 5.99. The molecule has 0 fully saturated rings. The largest absolute Gasteiger partial charge is 0.329 e. The third kappa shape index (κ3) is 3.68. The molecule has 1 heterocycles. The first-order chi connectivity index (χ1) is 9.20. The van der Waals surface area contributed by atoms with Gasteiger partial charge in [-0.15, -0.1) is 0 Å². The van der Waals surface area contributed by atoms with Gasteiger partial charge in [-0.3, -0.25) is 9.88 Å². The SMILES string of the molecule is NCCN(Cc1cccc2cccnc12)CC(F)F. The van der Waals surface area contributed by atoms with Crippen molar-refractivity contribution in [3.8, 4) is 0 Å². The summed E-state index contributed by atoms with van der Waals surface area (Å²) < 4.78 is 25.1. The molecule has 19 heavy (non-hydrogen) atoms. The molecule has 0 atom stereocenters. The Morgan fingerprint density at radius 2 is 2.00 bits per heavy atom. The molecule has 2 N–H and O–H groups in total. The molecule has 2 aromatic rings. The topological polar surface area (TPSA) is 42.1 Å². The lowest BCUT2D eigenvalue weighted by Crippen LogP contribution is -2.33. The first kappa shape index (κ1) is 13.8. The van der Waals surface area contributed by atoms with Crippen LogP contribution < -0.4 is 5.73 Å². The van der Waals surface area contributed by atoms with E-state index in [1.807, 2.05) is 30.3 Å². The lowest BCUT2D eigenvalue weighted by atomic mass is 10.1. The summed E-state index contributed by atoms with van der Waals surface area (Å²) in [6.45, 7) is 0.995. The van der Waals surface area contributed by atoms with Gasteiger partial charge in [0.05, 0.1) is 12.1 Å². The summed E-state index contributed by atoms with van der Waals surface area (Å²) in [6.07, 6.45) is -0.638. The van der Waals surface area contributed by atoms with E-state index in [0.717, 1.165) is 16.5 Å². The standard InChI is InChI=1S/C14H17F2N3/c15-13(16)10-19(8-6-17)9-12-4-1-3-11-5-2-7-18-14(11)12/h1-5,7,13H,6,8-10,17H2. The maximum atomic E-state index is 12.5. The molecule has 0 unspecified atom stereocenters. The minimum Gasteiger partial charge on any atom is -0.329 e. The van der Waals surface area contributed by atoms with E-state index >= 15 is 0 Å². The normalized spacial score (nSPS) is 11.6. The molecular formula is C14H17F2N3. The molecule has 1 aromatic carbocycles. The predicted molar refractivity (Wildman–Crippen MR) is 72.1 cm³/mol. The number of fused-ring (bicyclic) bond motifs is 1. The van der Waals surface area contributed by atoms with E-state index in [4.69, 9.17) is 5.73 Å². The van der Waals surface area contributed by atoms with Crippen molar-refractivity contribution in [2.24, 2.45) is 5.73 Å². The van der Waals surface area contributed by atoms with E-state index in [2.05, 4.69) is 4.98 Å². The number of nitrogens with zero attached hydrogens (tertiary/aromatic N) is 2. The van der Waals surface area contributed by atoms with Gasteiger partial charge < -0.3 is 5.73 Å². The Hall–Kier alpha value is -1.59. The van der Waals surface area contributed by atoms with Crippen LogP contribution in [0, 0.1) is 0 Å². The van der Waals surface area contributed by atoms with Crippen LogP contribution >= 0.6 is 0 Å². The zero-order chi connectivity index (χ0) is 13.7. The van der Waals surface area contributed by atoms with Crippen molar-refractivity contribution in [2.45, 2.75) is 13.0 Å². The average molecular weight is 265 g/mol. The number of alkyl halides is 2. The molecule has 1 aromatic heterocycles. The van der Waals surface area contributed by atoms with Gasteiger partial charge in [0.2, 0.25) is 0 Å². The van der Waals surface area contributed by atoms with Crippen molar-refractivity contribution < 1.29 is 8.78 Å². The van der Waals surface area contributed by atoms with Crippen LogP contribution in [-0.2, 0) is 6.54 Å². The van der Waals surface area contributed by atoms with Gasteiger partial charge in [-0.1, -0.05) is 24.3 Å². The summed E-state index contributed by atoms with van der Waals surface area (Å²) in [5.41, 5.74) is 7.28. The zero-order valence-corrected chi connectivity index (χ0v) is 10.6. The van der Waals surface area contributed by atoms with E-state index in [1.165, 1.54) is 0 Å². The Bertz CT molecular complexity index is 526. The lowest BCUT2D eigenvalue weighted by Gasteiger charge is -2.21. The number of hydrogen-bond acceptors (Lipinski definition) is 3. The maximum Gasteiger partial charge on any atom is 0.251 e. The number of rotatable bonds is 6. The van der Waals surface area contributed by atoms with E-state index < -0.39 is 6.43 Å². The average Bonchev–Trinajstić information content (AvgIpc) is 2.39. The highest BCUT2D eigenvalue weighted by atomic mass is 19.3. The number of benzene rings is 1. The molecule has 5 heteroatoms. The van der Waals surface area contributed by atoms with Gasteiger partial charge in [-0.25, -0.2) is 8.78 Å². The van der Waals surface area contributed by atoms with Crippen molar-refractivity contribution in [2.75, 3.05) is 19.6 Å². The zero-order valence-electron chi connectivity index (χ0n) is 10.6. The van der Waals surface area contributed by atoms with E-state index in [0.29, 0.717) is 19.6 Å². The quantitative estimate of drug-likeness (QED) is 0.871. The molecule has 102 valence electrons. The molecule has 0 aliphatic rings. The fourth-order valence-corrected chi connectivity index (χ4v) is 2.15. The van der Waals surface area contributed by atoms with Crippen LogP contribution in [-0.4, -0.2) is 35.9 Å². The fourth-order valence-electron chi connectivity index (χ4n) is 2.15. The Kier molecular flexibility index (Phi) is 4.76. The maximum absolute atomic E-state index is 12.5. The number of halogens is 2. The van der Waals surface area contributed by atoms with E-state index in [1.54, 1.807) is 11.1 Å². The first-order valence-corrected chi connectivity index (χ1v) is 6.24. The van der Waals surface area contributed by atoms with Crippen LogP contribution in [0.5, 0.6) is 0 Å². The highest BCUT2D eigenvalue weighted by molar-refractivity contribution is 5.81. The molecule has 0 aliphatic heterocycles. The van der Waals surface area contributed by atoms with Gasteiger partial charge in [0.15, 0.2) is 0 Å². The Morgan fingerprint density at radius 1 is 1.21 bits per heavy atom. The Labute approximate surface area is 111 Å². The lowest BCUT2D eigenvalue weighted by molar-refractivity contribution is 0.0864. The molecule has 0 radical (unpaired) electrons. The smallest absolute Gasteiger partial charge is 0.251 e. The summed E-state index contributed by atoms with van der Waals surface area (Å²) >= 11 is 0. The highest BCUT2D eigenvalue weighted by Gasteiger charge is 2.13. The second kappa shape index (κ2) is 6.54. The molecule has 0 saturated carbocycles. The Morgan fingerprint density at radius 3 is 2.74 bits per heavy atom. The number of pyridine rings is 1. The van der Waals surface area contributed by atoms with Crippen LogP contribution in [0.1, 0.15) is 5.56 Å². The highest BCUT2D eigenvalue weighted by Crippen LogP contribution is 2.17. The molecule has 2 rings (SSSR count). The van der Waals surface area contributed by atoms with Crippen LogP contribution in [0.25, 0.3) is 10.9 Å². The first-order valence-electron chi connectivity index (χ1n) is 6.24. The van der Waals surface area contributed by atoms with Crippen LogP contribution in [0.15, 0.2) is 36.5 Å². The van der Waals surface area contributed by atoms with Crippen molar-refractivity contribution in [1.29, 1.82) is 0 Å². The third-order valence-electron chi connectivity index (χ3n) is 2.95. The minimum atomic E-state index is -2.35. The van der Waals surface area contributed by atoms with E-state index in [-0.39, 0.29) is 6.54 Å². The second-order valence-corrected chi connectivity index (χ2v) is 4.41. The molecule has 0 spiro atoms. The fraction of sp³-hybridized carbons (Fsp3) is 0.357. The number of hydrogen-bond donors (Lipinski definition) is 1. The summed E-state index contributed by atoms with van der Waals surface area (Å²) in [5, 5.41) is 1.02. The van der Waals surface area contributed by atoms with Gasteiger partial charge in [-0.05, 0) is 11.6 Å². The van der Waals surface area contributed by atoms with Crippen LogP contribution in [0.3, 0.4) is 0 Å². The van der Waals surface area contributed by atoms with Gasteiger partial charge in [0, 0.05) is 31.2 Å². The summed E-state index contributed by atoms with van der Waals surface area (Å²) in [5.74, 6) is 0. The van der Waals surface area contributed by atoms with Crippen LogP contribution in [0.2, 0.25) is 0 Å². The van der Waals surface area contributed by atoms with Crippen molar-refractivity contribution in [3.63, 3.8) is 0 Å². The Balaban J connectivity index is 2.23. The predicted octanol–water partition coefficient (Wildman–Crippen LogP) is 2.26. The van der Waals surface area contributed by atoms with Crippen molar-refractivity contribution in [3.05, 3.63) is 42.1 Å². The molecule has 0 aliphatic carbocycles. The minimum absolute atomic E-state index is 0.263. The molecule has 0 bridgehead atoms. The number of aromatic nitrogens is 1. The number of nitrogens with two attached hydrogens (primary N) is 1. The molecule has 0 saturated heterocycles. The molecule has 3 nitrogen and oxygen atoms in total. The molecule has 0 amide bonds.